The van der Waals surface area contributed by atoms with Crippen molar-refractivity contribution in [3.05, 3.63) is 96.8 Å². The van der Waals surface area contributed by atoms with E-state index in [0.717, 1.165) is 23.3 Å². The number of carboxylic acids is 1. The lowest BCUT2D eigenvalue weighted by atomic mass is 10.1. The van der Waals surface area contributed by atoms with Gasteiger partial charge in [0.05, 0.1) is 20.8 Å². The molecule has 0 atom stereocenters. The van der Waals surface area contributed by atoms with E-state index in [1.54, 1.807) is 34.9 Å². The molecule has 0 saturated carbocycles. The van der Waals surface area contributed by atoms with E-state index in [-0.39, 0.29) is 17.7 Å². The average Bonchev–Trinajstić information content (AvgIpc) is 2.75. The van der Waals surface area contributed by atoms with Gasteiger partial charge >= 0.3 is 5.97 Å². The number of aromatic carboxylic acids is 1. The molecule has 30 heavy (non-hydrogen) atoms. The SMILES string of the molecule is CCc1cccc(OCc2c(Cl)cc(Br)c(=O)n2CCc2ccc(C(=O)O)cc2)c1. The number of aromatic nitrogens is 1. The molecule has 0 aliphatic rings. The minimum atomic E-state index is -0.969. The van der Waals surface area contributed by atoms with Crippen LogP contribution in [-0.2, 0) is 26.0 Å². The number of carboxylic acid groups (broad SMARTS) is 1. The van der Waals surface area contributed by atoms with Crippen LogP contribution in [0.3, 0.4) is 0 Å². The molecule has 3 rings (SSSR count). The first-order valence-electron chi connectivity index (χ1n) is 9.50. The molecule has 156 valence electrons. The fourth-order valence-corrected chi connectivity index (χ4v) is 3.92. The van der Waals surface area contributed by atoms with Crippen LogP contribution in [0.5, 0.6) is 5.75 Å². The molecule has 0 radical (unpaired) electrons. The van der Waals surface area contributed by atoms with Gasteiger partial charge in [-0.15, -0.1) is 0 Å². The fraction of sp³-hybridized carbons (Fsp3) is 0.217. The van der Waals surface area contributed by atoms with Crippen molar-refractivity contribution in [1.82, 2.24) is 4.57 Å². The highest BCUT2D eigenvalue weighted by Crippen LogP contribution is 2.22. The summed E-state index contributed by atoms with van der Waals surface area (Å²) in [5.74, 6) is -0.250. The second-order valence-electron chi connectivity index (χ2n) is 6.79. The Labute approximate surface area is 188 Å². The Morgan fingerprint density at radius 2 is 1.87 bits per heavy atom. The molecule has 1 heterocycles. The van der Waals surface area contributed by atoms with Crippen molar-refractivity contribution in [3.8, 4) is 5.75 Å². The Hall–Kier alpha value is -2.57. The molecule has 0 bridgehead atoms. The maximum Gasteiger partial charge on any atom is 0.335 e. The van der Waals surface area contributed by atoms with Gasteiger partial charge < -0.3 is 14.4 Å². The second kappa shape index (κ2) is 9.96. The van der Waals surface area contributed by atoms with Gasteiger partial charge in [0.15, 0.2) is 0 Å². The van der Waals surface area contributed by atoms with E-state index < -0.39 is 5.97 Å². The van der Waals surface area contributed by atoms with Crippen LogP contribution in [-0.4, -0.2) is 15.6 Å². The van der Waals surface area contributed by atoms with E-state index in [2.05, 4.69) is 22.9 Å². The highest BCUT2D eigenvalue weighted by atomic mass is 79.9. The molecule has 0 fully saturated rings. The molecule has 0 spiro atoms. The maximum absolute atomic E-state index is 12.7. The van der Waals surface area contributed by atoms with E-state index >= 15 is 0 Å². The number of hydrogen-bond acceptors (Lipinski definition) is 3. The summed E-state index contributed by atoms with van der Waals surface area (Å²) in [4.78, 5) is 23.7. The van der Waals surface area contributed by atoms with Crippen molar-refractivity contribution in [2.24, 2.45) is 0 Å². The number of halogens is 2. The number of carbonyl (C=O) groups is 1. The average molecular weight is 491 g/mol. The van der Waals surface area contributed by atoms with Gasteiger partial charge in [0.2, 0.25) is 0 Å². The fourth-order valence-electron chi connectivity index (χ4n) is 3.08. The smallest absolute Gasteiger partial charge is 0.335 e. The molecule has 1 aromatic heterocycles. The Morgan fingerprint density at radius 1 is 1.13 bits per heavy atom. The first-order valence-corrected chi connectivity index (χ1v) is 10.7. The van der Waals surface area contributed by atoms with Crippen molar-refractivity contribution in [2.75, 3.05) is 0 Å². The first-order chi connectivity index (χ1) is 14.4. The topological polar surface area (TPSA) is 68.5 Å². The number of benzene rings is 2. The van der Waals surface area contributed by atoms with Gasteiger partial charge in [0.1, 0.15) is 12.4 Å². The number of ether oxygens (including phenoxy) is 1. The molecule has 3 aromatic rings. The van der Waals surface area contributed by atoms with Crippen molar-refractivity contribution in [1.29, 1.82) is 0 Å². The molecule has 0 aliphatic heterocycles. The second-order valence-corrected chi connectivity index (χ2v) is 8.05. The number of rotatable bonds is 8. The van der Waals surface area contributed by atoms with Crippen LogP contribution >= 0.6 is 27.5 Å². The number of aryl methyl sites for hydroxylation is 2. The van der Waals surface area contributed by atoms with Crippen molar-refractivity contribution in [3.63, 3.8) is 0 Å². The van der Waals surface area contributed by atoms with Crippen LogP contribution in [0.1, 0.15) is 34.1 Å². The Morgan fingerprint density at radius 3 is 2.53 bits per heavy atom. The lowest BCUT2D eigenvalue weighted by molar-refractivity contribution is 0.0697. The molecule has 1 N–H and O–H groups in total. The van der Waals surface area contributed by atoms with Crippen LogP contribution in [0.4, 0.5) is 0 Å². The minimum absolute atomic E-state index is 0.159. The molecule has 7 heteroatoms. The van der Waals surface area contributed by atoms with Crippen LogP contribution in [0.15, 0.2) is 63.9 Å². The van der Waals surface area contributed by atoms with Gasteiger partial charge in [-0.3, -0.25) is 4.79 Å². The summed E-state index contributed by atoms with van der Waals surface area (Å²) in [5, 5.41) is 9.46. The first kappa shape index (κ1) is 22.1. The van der Waals surface area contributed by atoms with Gasteiger partial charge in [-0.05, 0) is 70.2 Å². The van der Waals surface area contributed by atoms with E-state index in [9.17, 15) is 9.59 Å². The van der Waals surface area contributed by atoms with Gasteiger partial charge in [-0.25, -0.2) is 4.79 Å². The zero-order chi connectivity index (χ0) is 21.7. The van der Waals surface area contributed by atoms with Crippen LogP contribution in [0, 0.1) is 0 Å². The molecule has 2 aromatic carbocycles. The van der Waals surface area contributed by atoms with E-state index in [1.165, 1.54) is 0 Å². The largest absolute Gasteiger partial charge is 0.487 e. The molecular weight excluding hydrogens is 470 g/mol. The number of pyridine rings is 1. The van der Waals surface area contributed by atoms with Crippen molar-refractivity contribution >= 4 is 33.5 Å². The Bertz CT molecular complexity index is 1110. The highest BCUT2D eigenvalue weighted by molar-refractivity contribution is 9.10. The minimum Gasteiger partial charge on any atom is -0.487 e. The van der Waals surface area contributed by atoms with Crippen LogP contribution < -0.4 is 10.3 Å². The lowest BCUT2D eigenvalue weighted by Gasteiger charge is -2.16. The number of nitrogens with zero attached hydrogens (tertiary/aromatic N) is 1. The summed E-state index contributed by atoms with van der Waals surface area (Å²) in [6.07, 6.45) is 1.45. The zero-order valence-electron chi connectivity index (χ0n) is 16.4. The maximum atomic E-state index is 12.7. The third-order valence-corrected chi connectivity index (χ3v) is 5.71. The third-order valence-electron chi connectivity index (χ3n) is 4.81. The Kier molecular flexibility index (Phi) is 7.34. The molecule has 5 nitrogen and oxygen atoms in total. The highest BCUT2D eigenvalue weighted by Gasteiger charge is 2.14. The van der Waals surface area contributed by atoms with Gasteiger partial charge in [0.25, 0.3) is 5.56 Å². The van der Waals surface area contributed by atoms with Gasteiger partial charge in [-0.1, -0.05) is 42.8 Å². The lowest BCUT2D eigenvalue weighted by Crippen LogP contribution is -2.26. The summed E-state index contributed by atoms with van der Waals surface area (Å²) in [6, 6.07) is 16.0. The predicted molar refractivity (Wildman–Crippen MR) is 121 cm³/mol. The molecular formula is C23H21BrClNO4. The molecule has 0 saturated heterocycles. The predicted octanol–water partition coefficient (Wildman–Crippen LogP) is 5.35. The summed E-state index contributed by atoms with van der Waals surface area (Å²) in [6.45, 7) is 2.62. The third kappa shape index (κ3) is 5.32. The monoisotopic (exact) mass is 489 g/mol. The van der Waals surface area contributed by atoms with Gasteiger partial charge in [0, 0.05) is 6.54 Å². The summed E-state index contributed by atoms with van der Waals surface area (Å²) in [5.41, 5.74) is 2.71. The van der Waals surface area contributed by atoms with E-state index in [1.807, 2.05) is 24.3 Å². The van der Waals surface area contributed by atoms with Crippen LogP contribution in [0.2, 0.25) is 5.02 Å². The molecule has 0 amide bonds. The van der Waals surface area contributed by atoms with E-state index in [4.69, 9.17) is 21.4 Å². The number of hydrogen-bond donors (Lipinski definition) is 1. The normalized spacial score (nSPS) is 10.8. The zero-order valence-corrected chi connectivity index (χ0v) is 18.7. The van der Waals surface area contributed by atoms with Crippen molar-refractivity contribution < 1.29 is 14.6 Å². The summed E-state index contributed by atoms with van der Waals surface area (Å²) >= 11 is 9.71. The van der Waals surface area contributed by atoms with Crippen molar-refractivity contribution in [2.45, 2.75) is 32.9 Å². The van der Waals surface area contributed by atoms with Gasteiger partial charge in [-0.2, -0.15) is 0 Å². The Balaban J connectivity index is 1.82. The molecule has 0 unspecified atom stereocenters. The van der Waals surface area contributed by atoms with Crippen LogP contribution in [0.25, 0.3) is 0 Å². The summed E-state index contributed by atoms with van der Waals surface area (Å²) in [7, 11) is 0. The molecule has 0 aliphatic carbocycles. The van der Waals surface area contributed by atoms with E-state index in [0.29, 0.717) is 28.2 Å². The standard InChI is InChI=1S/C23H21BrClNO4/c1-2-15-4-3-5-18(12-15)30-14-21-20(25)13-19(24)22(27)26(21)11-10-16-6-8-17(9-7-16)23(28)29/h3-9,12-13H,2,10-11,14H2,1H3,(H,28,29). The summed E-state index contributed by atoms with van der Waals surface area (Å²) < 4.78 is 7.90. The quantitative estimate of drug-likeness (QED) is 0.462.